The molecule has 5 nitrogen and oxygen atoms in total. The van der Waals surface area contributed by atoms with E-state index >= 15 is 0 Å². The van der Waals surface area contributed by atoms with E-state index < -0.39 is 17.5 Å². The molecule has 2 N–H and O–H groups in total. The molecule has 0 heterocycles. The van der Waals surface area contributed by atoms with E-state index in [2.05, 4.69) is 10.5 Å². The highest BCUT2D eigenvalue weighted by Gasteiger charge is 2.18. The molecule has 0 aliphatic heterocycles. The van der Waals surface area contributed by atoms with Gasteiger partial charge in [0.15, 0.2) is 0 Å². The minimum absolute atomic E-state index is 0.134. The number of nitrogens with zero attached hydrogens (tertiary/aromatic N) is 1. The monoisotopic (exact) mass is 364 g/mol. The Morgan fingerprint density at radius 3 is 2.60 bits per heavy atom. The fraction of sp³-hybridized carbons (Fsp3) is 0.222. The molecule has 0 aromatic heterocycles. The van der Waals surface area contributed by atoms with Crippen LogP contribution >= 0.6 is 11.6 Å². The summed E-state index contributed by atoms with van der Waals surface area (Å²) in [4.78, 5) is 12.0. The van der Waals surface area contributed by atoms with E-state index in [1.54, 1.807) is 45.0 Å². The maximum atomic E-state index is 14.1. The molecule has 0 unspecified atom stereocenters. The molecule has 0 spiro atoms. The summed E-state index contributed by atoms with van der Waals surface area (Å²) >= 11 is 6.04. The van der Waals surface area contributed by atoms with Crippen LogP contribution in [0.4, 0.5) is 14.9 Å². The Morgan fingerprint density at radius 2 is 2.00 bits per heavy atom. The number of rotatable bonds is 3. The van der Waals surface area contributed by atoms with Gasteiger partial charge in [-0.15, -0.1) is 0 Å². The summed E-state index contributed by atoms with van der Waals surface area (Å²) in [6.45, 7) is 5.27. The molecule has 25 heavy (non-hydrogen) atoms. The lowest BCUT2D eigenvalue weighted by Crippen LogP contribution is -2.27. The van der Waals surface area contributed by atoms with Gasteiger partial charge in [-0.2, -0.15) is 0 Å². The highest BCUT2D eigenvalue weighted by Crippen LogP contribution is 2.32. The predicted molar refractivity (Wildman–Crippen MR) is 96.1 cm³/mol. The van der Waals surface area contributed by atoms with Gasteiger partial charge >= 0.3 is 6.09 Å². The standard InChI is InChI=1S/C18H18ClFN2O3/c1-18(2,3)25-17(23)22-16-7-6-13(19)9-14(16)11-4-5-12(10-21-24)15(20)8-11/h4-10,24H,1-3H3,(H,22,23)/b21-10-. The molecule has 0 bridgehead atoms. The van der Waals surface area contributed by atoms with E-state index in [-0.39, 0.29) is 5.56 Å². The van der Waals surface area contributed by atoms with Crippen molar-refractivity contribution < 1.29 is 19.1 Å². The number of hydrogen-bond acceptors (Lipinski definition) is 4. The van der Waals surface area contributed by atoms with Crippen LogP contribution in [-0.2, 0) is 4.74 Å². The lowest BCUT2D eigenvalue weighted by Gasteiger charge is -2.20. The smallest absolute Gasteiger partial charge is 0.412 e. The zero-order valence-corrected chi connectivity index (χ0v) is 14.8. The first-order chi connectivity index (χ1) is 11.7. The van der Waals surface area contributed by atoms with Crippen molar-refractivity contribution >= 4 is 29.6 Å². The molecule has 0 aliphatic rings. The van der Waals surface area contributed by atoms with Crippen LogP contribution in [0.25, 0.3) is 11.1 Å². The van der Waals surface area contributed by atoms with Gasteiger partial charge in [0.2, 0.25) is 0 Å². The van der Waals surface area contributed by atoms with Crippen molar-refractivity contribution in [2.75, 3.05) is 5.32 Å². The van der Waals surface area contributed by atoms with Gasteiger partial charge in [0.25, 0.3) is 0 Å². The Kier molecular flexibility index (Phi) is 5.64. The minimum Gasteiger partial charge on any atom is -0.444 e. The number of anilines is 1. The molecule has 0 saturated heterocycles. The Labute approximate surface area is 150 Å². The number of nitrogens with one attached hydrogen (secondary N) is 1. The fourth-order valence-corrected chi connectivity index (χ4v) is 2.31. The molecule has 0 fully saturated rings. The first-order valence-electron chi connectivity index (χ1n) is 7.46. The van der Waals surface area contributed by atoms with Crippen LogP contribution in [0, 0.1) is 5.82 Å². The van der Waals surface area contributed by atoms with Gasteiger partial charge in [-0.3, -0.25) is 5.32 Å². The van der Waals surface area contributed by atoms with Crippen molar-refractivity contribution in [1.82, 2.24) is 0 Å². The Balaban J connectivity index is 2.39. The summed E-state index contributed by atoms with van der Waals surface area (Å²) < 4.78 is 19.3. The van der Waals surface area contributed by atoms with Crippen molar-refractivity contribution in [2.45, 2.75) is 26.4 Å². The van der Waals surface area contributed by atoms with Crippen molar-refractivity contribution in [3.05, 3.63) is 52.8 Å². The van der Waals surface area contributed by atoms with Gasteiger partial charge in [0, 0.05) is 16.1 Å². The quantitative estimate of drug-likeness (QED) is 0.441. The van der Waals surface area contributed by atoms with Crippen LogP contribution in [0.15, 0.2) is 41.6 Å². The molecule has 7 heteroatoms. The third-order valence-corrected chi connectivity index (χ3v) is 3.36. The molecule has 2 aromatic rings. The lowest BCUT2D eigenvalue weighted by molar-refractivity contribution is 0.0636. The third-order valence-electron chi connectivity index (χ3n) is 3.13. The number of hydrogen-bond donors (Lipinski definition) is 2. The first kappa shape index (κ1) is 18.7. The van der Waals surface area contributed by atoms with E-state index in [1.165, 1.54) is 12.1 Å². The molecule has 0 aliphatic carbocycles. The summed E-state index contributed by atoms with van der Waals surface area (Å²) in [5.74, 6) is -0.571. The summed E-state index contributed by atoms with van der Waals surface area (Å²) in [7, 11) is 0. The highest BCUT2D eigenvalue weighted by atomic mass is 35.5. The van der Waals surface area contributed by atoms with E-state index in [0.29, 0.717) is 21.8 Å². The molecule has 0 radical (unpaired) electrons. The molecule has 2 aromatic carbocycles. The maximum absolute atomic E-state index is 14.1. The minimum atomic E-state index is -0.645. The average Bonchev–Trinajstić information content (AvgIpc) is 2.49. The molecule has 2 rings (SSSR count). The van der Waals surface area contributed by atoms with Gasteiger partial charge in [0.05, 0.1) is 11.9 Å². The summed E-state index contributed by atoms with van der Waals surface area (Å²) in [5, 5.41) is 14.4. The largest absolute Gasteiger partial charge is 0.444 e. The summed E-state index contributed by atoms with van der Waals surface area (Å²) in [5.41, 5.74) is 0.955. The van der Waals surface area contributed by atoms with E-state index in [1.807, 2.05) is 0 Å². The highest BCUT2D eigenvalue weighted by molar-refractivity contribution is 6.31. The number of carbonyl (C=O) groups is 1. The molecule has 0 atom stereocenters. The van der Waals surface area contributed by atoms with Crippen LogP contribution in [0.2, 0.25) is 5.02 Å². The number of halogens is 2. The lowest BCUT2D eigenvalue weighted by atomic mass is 10.0. The Morgan fingerprint density at radius 1 is 1.28 bits per heavy atom. The van der Waals surface area contributed by atoms with Crippen molar-refractivity contribution in [1.29, 1.82) is 0 Å². The number of ether oxygens (including phenoxy) is 1. The van der Waals surface area contributed by atoms with Crippen molar-refractivity contribution in [3.63, 3.8) is 0 Å². The number of oxime groups is 1. The zero-order chi connectivity index (χ0) is 18.6. The van der Waals surface area contributed by atoms with E-state index in [4.69, 9.17) is 21.5 Å². The van der Waals surface area contributed by atoms with Crippen LogP contribution < -0.4 is 5.32 Å². The normalized spacial score (nSPS) is 11.6. The number of carbonyl (C=O) groups excluding carboxylic acids is 1. The van der Waals surface area contributed by atoms with E-state index in [9.17, 15) is 9.18 Å². The topological polar surface area (TPSA) is 70.9 Å². The zero-order valence-electron chi connectivity index (χ0n) is 14.0. The third kappa shape index (κ3) is 5.19. The fourth-order valence-electron chi connectivity index (χ4n) is 2.14. The van der Waals surface area contributed by atoms with Gasteiger partial charge in [0.1, 0.15) is 11.4 Å². The van der Waals surface area contributed by atoms with Gasteiger partial charge in [-0.05, 0) is 56.7 Å². The molecule has 132 valence electrons. The molecule has 1 amide bonds. The first-order valence-corrected chi connectivity index (χ1v) is 7.84. The Hall–Kier alpha value is -2.60. The molecular formula is C18H18ClFN2O3. The second-order valence-corrected chi connectivity index (χ2v) is 6.73. The van der Waals surface area contributed by atoms with E-state index in [0.717, 1.165) is 6.21 Å². The predicted octanol–water partition coefficient (Wildman–Crippen LogP) is 5.30. The van der Waals surface area contributed by atoms with Crippen molar-refractivity contribution in [3.8, 4) is 11.1 Å². The number of benzene rings is 2. The second-order valence-electron chi connectivity index (χ2n) is 6.30. The SMILES string of the molecule is CC(C)(C)OC(=O)Nc1ccc(Cl)cc1-c1ccc(/C=N\O)c(F)c1. The van der Waals surface area contributed by atoms with Crippen LogP contribution in [0.1, 0.15) is 26.3 Å². The number of amides is 1. The molecule has 0 saturated carbocycles. The second kappa shape index (κ2) is 7.53. The molecular weight excluding hydrogens is 347 g/mol. The average molecular weight is 365 g/mol. The van der Waals surface area contributed by atoms with Crippen LogP contribution in [0.3, 0.4) is 0 Å². The van der Waals surface area contributed by atoms with Crippen LogP contribution in [0.5, 0.6) is 0 Å². The Bertz CT molecular complexity index is 816. The summed E-state index contributed by atoms with van der Waals surface area (Å²) in [6, 6.07) is 9.20. The van der Waals surface area contributed by atoms with Crippen molar-refractivity contribution in [2.24, 2.45) is 5.16 Å². The maximum Gasteiger partial charge on any atom is 0.412 e. The van der Waals surface area contributed by atoms with Gasteiger partial charge in [-0.1, -0.05) is 22.8 Å². The summed E-state index contributed by atoms with van der Waals surface area (Å²) in [6.07, 6.45) is 0.373. The van der Waals surface area contributed by atoms with Crippen LogP contribution in [-0.4, -0.2) is 23.1 Å². The van der Waals surface area contributed by atoms with Gasteiger partial charge in [-0.25, -0.2) is 9.18 Å². The van der Waals surface area contributed by atoms with Gasteiger partial charge < -0.3 is 9.94 Å².